The van der Waals surface area contributed by atoms with Crippen molar-refractivity contribution in [3.63, 3.8) is 0 Å². The second-order valence-corrected chi connectivity index (χ2v) is 6.29. The first-order valence-corrected chi connectivity index (χ1v) is 7.44. The molecule has 2 rings (SSSR count). The van der Waals surface area contributed by atoms with Crippen LogP contribution in [0.25, 0.3) is 0 Å². The van der Waals surface area contributed by atoms with Crippen LogP contribution in [0.2, 0.25) is 0 Å². The molecule has 1 aromatic heterocycles. The van der Waals surface area contributed by atoms with Crippen LogP contribution in [0.1, 0.15) is 6.92 Å². The monoisotopic (exact) mass is 256 g/mol. The zero-order valence-corrected chi connectivity index (χ0v) is 10.8. The molecule has 1 aliphatic heterocycles. The van der Waals surface area contributed by atoms with Crippen molar-refractivity contribution in [3.8, 4) is 0 Å². The predicted molar refractivity (Wildman–Crippen MR) is 66.2 cm³/mol. The van der Waals surface area contributed by atoms with Gasteiger partial charge in [-0.25, -0.2) is 13.4 Å². The van der Waals surface area contributed by atoms with Gasteiger partial charge in [-0.3, -0.25) is 4.90 Å². The second kappa shape index (κ2) is 5.01. The van der Waals surface area contributed by atoms with Crippen LogP contribution in [0.3, 0.4) is 0 Å². The molecule has 1 aromatic rings. The largest absolute Gasteiger partial charge is 0.274 e. The van der Waals surface area contributed by atoms with Gasteiger partial charge in [-0.2, -0.15) is 4.31 Å². The lowest BCUT2D eigenvalue weighted by atomic mass is 10.3. The number of aromatic nitrogens is 1. The predicted octanol–water partition coefficient (Wildman–Crippen LogP) is -0.0276. The molecule has 0 bridgehead atoms. The number of aromatic amines is 1. The SMILES string of the molecule is CCS(=O)(=O)N1CCN(c2cccc[nH+]2)CC1. The van der Waals surface area contributed by atoms with Gasteiger partial charge in [0.1, 0.15) is 0 Å². The van der Waals surface area contributed by atoms with Gasteiger partial charge in [0.25, 0.3) is 5.82 Å². The number of anilines is 1. The second-order valence-electron chi connectivity index (χ2n) is 4.03. The highest BCUT2D eigenvalue weighted by Crippen LogP contribution is 2.12. The van der Waals surface area contributed by atoms with E-state index in [4.69, 9.17) is 0 Å². The highest BCUT2D eigenvalue weighted by atomic mass is 32.2. The van der Waals surface area contributed by atoms with E-state index in [2.05, 4.69) is 9.88 Å². The van der Waals surface area contributed by atoms with Crippen LogP contribution in [0.5, 0.6) is 0 Å². The van der Waals surface area contributed by atoms with E-state index in [1.54, 1.807) is 11.2 Å². The standard InChI is InChI=1S/C11H17N3O2S/c1-2-17(15,16)14-9-7-13(8-10-14)11-5-3-4-6-12-11/h3-6H,2,7-10H2,1H3/p+1. The van der Waals surface area contributed by atoms with Gasteiger partial charge in [0.05, 0.1) is 38.1 Å². The van der Waals surface area contributed by atoms with Crippen molar-refractivity contribution in [2.75, 3.05) is 36.8 Å². The molecular weight excluding hydrogens is 238 g/mol. The fourth-order valence-electron chi connectivity index (χ4n) is 1.97. The van der Waals surface area contributed by atoms with Crippen LogP contribution >= 0.6 is 0 Å². The molecule has 94 valence electrons. The van der Waals surface area contributed by atoms with Crippen molar-refractivity contribution in [1.82, 2.24) is 4.31 Å². The van der Waals surface area contributed by atoms with E-state index in [0.717, 1.165) is 18.9 Å². The number of nitrogens with zero attached hydrogens (tertiary/aromatic N) is 2. The van der Waals surface area contributed by atoms with Gasteiger partial charge < -0.3 is 0 Å². The molecule has 6 heteroatoms. The Morgan fingerprint density at radius 1 is 1.24 bits per heavy atom. The van der Waals surface area contributed by atoms with Crippen molar-refractivity contribution in [1.29, 1.82) is 0 Å². The number of hydrogen-bond acceptors (Lipinski definition) is 3. The molecule has 0 unspecified atom stereocenters. The smallest absolute Gasteiger partial charge is 0.259 e. The van der Waals surface area contributed by atoms with Crippen molar-refractivity contribution in [2.45, 2.75) is 6.92 Å². The molecule has 0 atom stereocenters. The average Bonchev–Trinajstić information content (AvgIpc) is 2.40. The molecule has 0 spiro atoms. The van der Waals surface area contributed by atoms with Gasteiger partial charge >= 0.3 is 0 Å². The molecule has 0 amide bonds. The lowest BCUT2D eigenvalue weighted by Gasteiger charge is -2.29. The molecule has 1 saturated heterocycles. The summed E-state index contributed by atoms with van der Waals surface area (Å²) in [5.74, 6) is 1.23. The number of sulfonamides is 1. The highest BCUT2D eigenvalue weighted by Gasteiger charge is 2.29. The maximum absolute atomic E-state index is 11.7. The summed E-state index contributed by atoms with van der Waals surface area (Å²) in [6, 6.07) is 5.91. The van der Waals surface area contributed by atoms with Gasteiger partial charge in [-0.15, -0.1) is 0 Å². The Morgan fingerprint density at radius 2 is 1.94 bits per heavy atom. The third kappa shape index (κ3) is 2.76. The van der Waals surface area contributed by atoms with Crippen LogP contribution < -0.4 is 9.88 Å². The minimum absolute atomic E-state index is 0.185. The lowest BCUT2D eigenvalue weighted by Crippen LogP contribution is -2.50. The van der Waals surface area contributed by atoms with Crippen molar-refractivity contribution in [3.05, 3.63) is 24.4 Å². The van der Waals surface area contributed by atoms with E-state index in [0.29, 0.717) is 13.1 Å². The Balaban J connectivity index is 2.00. The Morgan fingerprint density at radius 3 is 2.47 bits per heavy atom. The topological polar surface area (TPSA) is 54.8 Å². The summed E-state index contributed by atoms with van der Waals surface area (Å²) in [4.78, 5) is 5.33. The molecule has 1 aliphatic rings. The molecule has 0 aromatic carbocycles. The molecule has 0 radical (unpaired) electrons. The molecule has 1 N–H and O–H groups in total. The Labute approximate surface area is 102 Å². The summed E-state index contributed by atoms with van der Waals surface area (Å²) in [6.45, 7) is 4.30. The third-order valence-corrected chi connectivity index (χ3v) is 4.91. The van der Waals surface area contributed by atoms with Crippen LogP contribution in [-0.4, -0.2) is 44.7 Å². The fourth-order valence-corrected chi connectivity index (χ4v) is 3.06. The molecule has 1 fully saturated rings. The first-order valence-electron chi connectivity index (χ1n) is 5.83. The third-order valence-electron chi connectivity index (χ3n) is 3.03. The molecule has 0 saturated carbocycles. The lowest BCUT2D eigenvalue weighted by molar-refractivity contribution is -0.364. The number of H-pyrrole nitrogens is 1. The van der Waals surface area contributed by atoms with Crippen molar-refractivity contribution >= 4 is 15.8 Å². The number of pyridine rings is 1. The molecule has 2 heterocycles. The van der Waals surface area contributed by atoms with Crippen molar-refractivity contribution in [2.24, 2.45) is 0 Å². The highest BCUT2D eigenvalue weighted by molar-refractivity contribution is 7.89. The Hall–Kier alpha value is -1.14. The minimum Gasteiger partial charge on any atom is -0.259 e. The average molecular weight is 256 g/mol. The van der Waals surface area contributed by atoms with Crippen LogP contribution in [-0.2, 0) is 10.0 Å². The van der Waals surface area contributed by atoms with Gasteiger partial charge in [0, 0.05) is 6.07 Å². The van der Waals surface area contributed by atoms with E-state index in [1.807, 2.05) is 24.4 Å². The number of hydrogen-bond donors (Lipinski definition) is 0. The maximum atomic E-state index is 11.7. The van der Waals surface area contributed by atoms with Gasteiger partial charge in [-0.1, -0.05) is 6.07 Å². The Kier molecular flexibility index (Phi) is 3.63. The maximum Gasteiger partial charge on any atom is 0.274 e. The molecule has 5 nitrogen and oxygen atoms in total. The number of piperazine rings is 1. The fraction of sp³-hybridized carbons (Fsp3) is 0.545. The first kappa shape index (κ1) is 12.3. The summed E-state index contributed by atoms with van der Waals surface area (Å²) in [7, 11) is -3.03. The van der Waals surface area contributed by atoms with E-state index >= 15 is 0 Å². The van der Waals surface area contributed by atoms with Crippen LogP contribution in [0.4, 0.5) is 5.82 Å². The summed E-state index contributed by atoms with van der Waals surface area (Å²) < 4.78 is 25.0. The van der Waals surface area contributed by atoms with Crippen LogP contribution in [0.15, 0.2) is 24.4 Å². The summed E-state index contributed by atoms with van der Waals surface area (Å²) in [5.41, 5.74) is 0. The normalized spacial score (nSPS) is 18.3. The molecular formula is C11H18N3O2S+. The minimum atomic E-state index is -3.03. The van der Waals surface area contributed by atoms with Crippen molar-refractivity contribution < 1.29 is 13.4 Å². The number of nitrogens with one attached hydrogen (secondary N) is 1. The Bertz CT molecular complexity index is 453. The van der Waals surface area contributed by atoms with E-state index in [9.17, 15) is 8.42 Å². The van der Waals surface area contributed by atoms with E-state index < -0.39 is 10.0 Å². The van der Waals surface area contributed by atoms with E-state index in [1.165, 1.54) is 0 Å². The summed E-state index contributed by atoms with van der Waals surface area (Å²) in [6.07, 6.45) is 1.88. The van der Waals surface area contributed by atoms with Gasteiger partial charge in [0.2, 0.25) is 10.0 Å². The van der Waals surface area contributed by atoms with Gasteiger partial charge in [0.15, 0.2) is 0 Å². The molecule has 0 aliphatic carbocycles. The quantitative estimate of drug-likeness (QED) is 0.763. The summed E-state index contributed by atoms with van der Waals surface area (Å²) in [5, 5.41) is 0. The number of rotatable bonds is 3. The summed E-state index contributed by atoms with van der Waals surface area (Å²) >= 11 is 0. The zero-order valence-electron chi connectivity index (χ0n) is 9.96. The zero-order chi connectivity index (χ0) is 12.3. The molecule has 17 heavy (non-hydrogen) atoms. The van der Waals surface area contributed by atoms with Crippen LogP contribution in [0, 0.1) is 0 Å². The van der Waals surface area contributed by atoms with E-state index in [-0.39, 0.29) is 5.75 Å². The first-order chi connectivity index (χ1) is 8.13. The van der Waals surface area contributed by atoms with Gasteiger partial charge in [-0.05, 0) is 13.0 Å².